The molecule has 0 spiro atoms. The van der Waals surface area contributed by atoms with Crippen molar-refractivity contribution in [2.24, 2.45) is 0 Å². The molecule has 132 valence electrons. The van der Waals surface area contributed by atoms with E-state index in [2.05, 4.69) is 21.2 Å². The van der Waals surface area contributed by atoms with E-state index >= 15 is 0 Å². The number of nitrogens with zero attached hydrogens (tertiary/aromatic N) is 1. The molecule has 0 aliphatic carbocycles. The van der Waals surface area contributed by atoms with Crippen molar-refractivity contribution in [3.05, 3.63) is 56.5 Å². The first-order chi connectivity index (χ1) is 11.7. The number of carbonyl (C=O) groups is 1. The van der Waals surface area contributed by atoms with Gasteiger partial charge in [-0.15, -0.1) is 0 Å². The molecule has 2 aromatic rings. The second-order valence-electron chi connectivity index (χ2n) is 5.33. The molecule has 0 saturated heterocycles. The van der Waals surface area contributed by atoms with Crippen LogP contribution in [0.25, 0.3) is 0 Å². The quantitative estimate of drug-likeness (QED) is 0.720. The van der Waals surface area contributed by atoms with Gasteiger partial charge in [0.05, 0.1) is 10.7 Å². The minimum atomic E-state index is -4.15. The highest BCUT2D eigenvalue weighted by Crippen LogP contribution is 2.40. The van der Waals surface area contributed by atoms with E-state index in [0.29, 0.717) is 5.56 Å². The second-order valence-corrected chi connectivity index (χ2v) is 8.92. The number of carboxylic acid groups (broad SMARTS) is 1. The minimum absolute atomic E-state index is 0.0652. The molecule has 0 radical (unpaired) electrons. The molecule has 2 aromatic carbocycles. The molecule has 0 amide bonds. The predicted molar refractivity (Wildman–Crippen MR) is 98.4 cm³/mol. The lowest BCUT2D eigenvalue weighted by Gasteiger charge is -2.35. The zero-order chi connectivity index (χ0) is 18.4. The van der Waals surface area contributed by atoms with Crippen LogP contribution in [0.3, 0.4) is 0 Å². The van der Waals surface area contributed by atoms with Gasteiger partial charge in [-0.2, -0.15) is 4.31 Å². The Morgan fingerprint density at radius 3 is 2.64 bits per heavy atom. The van der Waals surface area contributed by atoms with E-state index in [1.807, 2.05) is 0 Å². The molecule has 0 bridgehead atoms. The summed E-state index contributed by atoms with van der Waals surface area (Å²) in [5.74, 6) is -1.33. The van der Waals surface area contributed by atoms with Crippen LogP contribution < -0.4 is 5.32 Å². The average Bonchev–Trinajstić information content (AvgIpc) is 2.48. The van der Waals surface area contributed by atoms with E-state index in [9.17, 15) is 18.3 Å². The zero-order valence-electron chi connectivity index (χ0n) is 12.4. The van der Waals surface area contributed by atoms with E-state index in [1.165, 1.54) is 12.1 Å². The van der Waals surface area contributed by atoms with Crippen LogP contribution >= 0.6 is 39.1 Å². The first-order valence-electron chi connectivity index (χ1n) is 6.95. The highest BCUT2D eigenvalue weighted by Gasteiger charge is 2.43. The lowest BCUT2D eigenvalue weighted by atomic mass is 10.2. The van der Waals surface area contributed by atoms with Gasteiger partial charge in [-0.3, -0.25) is 0 Å². The minimum Gasteiger partial charge on any atom is -0.479 e. The molecule has 1 atom stereocenters. The lowest BCUT2D eigenvalue weighted by Crippen LogP contribution is -2.52. The van der Waals surface area contributed by atoms with E-state index < -0.39 is 22.2 Å². The van der Waals surface area contributed by atoms with Crippen LogP contribution in [-0.4, -0.2) is 30.0 Å². The predicted octanol–water partition coefficient (Wildman–Crippen LogP) is 3.78. The van der Waals surface area contributed by atoms with Crippen molar-refractivity contribution in [3.8, 4) is 0 Å². The summed E-state index contributed by atoms with van der Waals surface area (Å²) in [4.78, 5) is 11.5. The van der Waals surface area contributed by atoms with Crippen molar-refractivity contribution in [2.75, 3.05) is 5.32 Å². The van der Waals surface area contributed by atoms with E-state index in [1.54, 1.807) is 24.3 Å². The van der Waals surface area contributed by atoms with Crippen molar-refractivity contribution in [3.63, 3.8) is 0 Å². The molecule has 1 aliphatic rings. The molecule has 0 unspecified atom stereocenters. The fraction of sp³-hybridized carbons (Fsp3) is 0.133. The van der Waals surface area contributed by atoms with Gasteiger partial charge >= 0.3 is 5.97 Å². The Balaban J connectivity index is 2.13. The number of hydrogen-bond donors (Lipinski definition) is 2. The number of halogens is 3. The number of sulfonamides is 1. The highest BCUT2D eigenvalue weighted by atomic mass is 79.9. The normalized spacial score (nSPS) is 19.1. The molecular formula is C15H11BrCl2N2O4S. The number of fused-ring (bicyclic) bond motifs is 1. The number of aliphatic carboxylic acids is 1. The molecule has 1 aliphatic heterocycles. The van der Waals surface area contributed by atoms with Crippen molar-refractivity contribution in [1.29, 1.82) is 0 Å². The molecule has 25 heavy (non-hydrogen) atoms. The smallest absolute Gasteiger partial charge is 0.342 e. The van der Waals surface area contributed by atoms with Crippen LogP contribution in [0, 0.1) is 0 Å². The van der Waals surface area contributed by atoms with Gasteiger partial charge in [-0.05, 0) is 29.8 Å². The molecule has 10 heteroatoms. The molecule has 3 rings (SSSR count). The summed E-state index contributed by atoms with van der Waals surface area (Å²) in [6.07, 6.45) is -1.48. The highest BCUT2D eigenvalue weighted by molar-refractivity contribution is 9.10. The Morgan fingerprint density at radius 2 is 2.00 bits per heavy atom. The van der Waals surface area contributed by atoms with Gasteiger partial charge in [0.15, 0.2) is 6.17 Å². The Kier molecular flexibility index (Phi) is 5.00. The molecule has 0 aromatic heterocycles. The lowest BCUT2D eigenvalue weighted by molar-refractivity contribution is -0.140. The van der Waals surface area contributed by atoms with Crippen molar-refractivity contribution < 1.29 is 18.3 Å². The standard InChI is InChI=1S/C15H11BrCl2N2O4S/c16-9-3-1-2-8(4-9)7-20-14(15(21)22)19-12-6-10(17)5-11(18)13(12)25(20,23)24/h1-6,14,19H,7H2,(H,21,22)/t14-/m0/s1. The summed E-state index contributed by atoms with van der Waals surface area (Å²) in [7, 11) is -4.15. The number of anilines is 1. The van der Waals surface area contributed by atoms with Gasteiger partial charge in [0.1, 0.15) is 4.90 Å². The van der Waals surface area contributed by atoms with Crippen LogP contribution in [0.5, 0.6) is 0 Å². The fourth-order valence-corrected chi connectivity index (χ4v) is 5.49. The van der Waals surface area contributed by atoms with Gasteiger partial charge in [0.2, 0.25) is 10.0 Å². The molecule has 0 fully saturated rings. The fourth-order valence-electron chi connectivity index (χ4n) is 2.58. The largest absolute Gasteiger partial charge is 0.479 e. The number of hydrogen-bond acceptors (Lipinski definition) is 4. The van der Waals surface area contributed by atoms with Crippen LogP contribution in [0.15, 0.2) is 45.8 Å². The Labute approximate surface area is 162 Å². The molecule has 1 heterocycles. The Morgan fingerprint density at radius 1 is 1.28 bits per heavy atom. The topological polar surface area (TPSA) is 86.7 Å². The SMILES string of the molecule is O=C(O)[C@H]1Nc2cc(Cl)cc(Cl)c2S(=O)(=O)N1Cc1cccc(Br)c1. The van der Waals surface area contributed by atoms with Crippen LogP contribution in [-0.2, 0) is 21.4 Å². The van der Waals surface area contributed by atoms with Gasteiger partial charge in [0, 0.05) is 16.0 Å². The second kappa shape index (κ2) is 6.77. The van der Waals surface area contributed by atoms with Crippen LogP contribution in [0.4, 0.5) is 5.69 Å². The zero-order valence-corrected chi connectivity index (χ0v) is 16.3. The first-order valence-corrected chi connectivity index (χ1v) is 9.94. The van der Waals surface area contributed by atoms with Crippen molar-refractivity contribution in [1.82, 2.24) is 4.31 Å². The van der Waals surface area contributed by atoms with Gasteiger partial charge < -0.3 is 10.4 Å². The summed E-state index contributed by atoms with van der Waals surface area (Å²) in [5.41, 5.74) is 0.690. The molecule has 2 N–H and O–H groups in total. The summed E-state index contributed by atoms with van der Waals surface area (Å²) in [6.45, 7) is -0.135. The van der Waals surface area contributed by atoms with E-state index in [0.717, 1.165) is 8.78 Å². The Bertz CT molecular complexity index is 968. The summed E-state index contributed by atoms with van der Waals surface area (Å²) in [6, 6.07) is 9.59. The number of rotatable bonds is 3. The summed E-state index contributed by atoms with van der Waals surface area (Å²) in [5, 5.41) is 12.3. The summed E-state index contributed by atoms with van der Waals surface area (Å²) < 4.78 is 27.7. The van der Waals surface area contributed by atoms with Gasteiger partial charge in [-0.25, -0.2) is 13.2 Å². The average molecular weight is 466 g/mol. The summed E-state index contributed by atoms with van der Waals surface area (Å²) >= 11 is 15.3. The number of benzene rings is 2. The number of nitrogens with one attached hydrogen (secondary N) is 1. The monoisotopic (exact) mass is 464 g/mol. The molecule has 0 saturated carbocycles. The maximum Gasteiger partial charge on any atom is 0.342 e. The van der Waals surface area contributed by atoms with E-state index in [4.69, 9.17) is 23.2 Å². The maximum absolute atomic E-state index is 13.0. The van der Waals surface area contributed by atoms with Gasteiger partial charge in [0.25, 0.3) is 0 Å². The molecular weight excluding hydrogens is 455 g/mol. The third-order valence-electron chi connectivity index (χ3n) is 3.62. The van der Waals surface area contributed by atoms with Crippen LogP contribution in [0.1, 0.15) is 5.56 Å². The molecule has 6 nitrogen and oxygen atoms in total. The van der Waals surface area contributed by atoms with E-state index in [-0.39, 0.29) is 27.2 Å². The van der Waals surface area contributed by atoms with Crippen molar-refractivity contribution in [2.45, 2.75) is 17.6 Å². The first kappa shape index (κ1) is 18.5. The number of carboxylic acids is 1. The van der Waals surface area contributed by atoms with Gasteiger partial charge in [-0.1, -0.05) is 51.3 Å². The third kappa shape index (κ3) is 3.50. The van der Waals surface area contributed by atoms with Crippen molar-refractivity contribution >= 4 is 60.8 Å². The van der Waals surface area contributed by atoms with Crippen LogP contribution in [0.2, 0.25) is 10.0 Å². The maximum atomic E-state index is 13.0. The Hall–Kier alpha value is -1.32. The third-order valence-corrected chi connectivity index (χ3v) is 6.65.